The molecule has 3 aromatic rings. The third kappa shape index (κ3) is 1.74. The summed E-state index contributed by atoms with van der Waals surface area (Å²) in [6.07, 6.45) is 0.783. The molecule has 82 valence electrons. The van der Waals surface area contributed by atoms with E-state index in [2.05, 4.69) is 23.2 Å². The zero-order valence-corrected chi connectivity index (χ0v) is 9.78. The van der Waals surface area contributed by atoms with Crippen molar-refractivity contribution in [2.75, 3.05) is 0 Å². The number of thiazole rings is 1. The molecule has 0 bridgehead atoms. The van der Waals surface area contributed by atoms with Gasteiger partial charge >= 0.3 is 0 Å². The summed E-state index contributed by atoms with van der Waals surface area (Å²) in [5, 5.41) is 5.03. The fourth-order valence-corrected chi connectivity index (χ4v) is 2.68. The minimum absolute atomic E-state index is 0.498. The first kappa shape index (κ1) is 10.2. The molecule has 0 saturated heterocycles. The van der Waals surface area contributed by atoms with Crippen LogP contribution in [-0.2, 0) is 0 Å². The fraction of sp³-hybridized carbons (Fsp3) is 0. The van der Waals surface area contributed by atoms with Gasteiger partial charge in [0.1, 0.15) is 10.7 Å². The van der Waals surface area contributed by atoms with E-state index in [1.807, 2.05) is 24.3 Å². The first-order valence-electron chi connectivity index (χ1n) is 5.27. The Balaban J connectivity index is 2.26. The van der Waals surface area contributed by atoms with Crippen LogP contribution in [0.4, 0.5) is 0 Å². The largest absolute Gasteiger partial charge is 0.296 e. The van der Waals surface area contributed by atoms with Crippen molar-refractivity contribution in [3.63, 3.8) is 0 Å². The van der Waals surface area contributed by atoms with Gasteiger partial charge in [0, 0.05) is 10.9 Å². The van der Waals surface area contributed by atoms with Gasteiger partial charge in [0.25, 0.3) is 0 Å². The molecule has 0 saturated carbocycles. The maximum absolute atomic E-state index is 10.7. The maximum Gasteiger partial charge on any atom is 0.169 e. The zero-order valence-electron chi connectivity index (χ0n) is 8.96. The standard InChI is InChI=1S/C14H9NOS/c16-8-11-9-17-14(15-11)13-7-3-5-10-4-1-2-6-12(10)13/h1-9H. The number of carbonyl (C=O) groups excluding carboxylic acids is 1. The van der Waals surface area contributed by atoms with Crippen molar-refractivity contribution in [1.29, 1.82) is 0 Å². The average Bonchev–Trinajstić information content (AvgIpc) is 2.87. The Hall–Kier alpha value is -2.00. The molecule has 0 atom stereocenters. The molecular weight excluding hydrogens is 230 g/mol. The number of aromatic nitrogens is 1. The molecule has 3 heteroatoms. The van der Waals surface area contributed by atoms with Crippen molar-refractivity contribution in [2.45, 2.75) is 0 Å². The van der Waals surface area contributed by atoms with E-state index in [-0.39, 0.29) is 0 Å². The van der Waals surface area contributed by atoms with E-state index in [9.17, 15) is 4.79 Å². The van der Waals surface area contributed by atoms with E-state index in [1.54, 1.807) is 5.38 Å². The lowest BCUT2D eigenvalue weighted by atomic mass is 10.1. The van der Waals surface area contributed by atoms with Crippen LogP contribution >= 0.6 is 11.3 Å². The Labute approximate surface area is 103 Å². The van der Waals surface area contributed by atoms with E-state index in [0.717, 1.165) is 16.9 Å². The fourth-order valence-electron chi connectivity index (χ4n) is 1.88. The van der Waals surface area contributed by atoms with E-state index in [4.69, 9.17) is 0 Å². The quantitative estimate of drug-likeness (QED) is 0.637. The van der Waals surface area contributed by atoms with Crippen LogP contribution < -0.4 is 0 Å². The first-order chi connectivity index (χ1) is 8.38. The van der Waals surface area contributed by atoms with Gasteiger partial charge in [-0.1, -0.05) is 42.5 Å². The number of hydrogen-bond donors (Lipinski definition) is 0. The molecular formula is C14H9NOS. The lowest BCUT2D eigenvalue weighted by Gasteiger charge is -2.02. The number of fused-ring (bicyclic) bond motifs is 1. The number of rotatable bonds is 2. The molecule has 17 heavy (non-hydrogen) atoms. The second kappa shape index (κ2) is 4.11. The number of benzene rings is 2. The Morgan fingerprint density at radius 3 is 2.71 bits per heavy atom. The van der Waals surface area contributed by atoms with Gasteiger partial charge in [-0.3, -0.25) is 4.79 Å². The average molecular weight is 239 g/mol. The van der Waals surface area contributed by atoms with Crippen molar-refractivity contribution in [2.24, 2.45) is 0 Å². The van der Waals surface area contributed by atoms with Gasteiger partial charge in [0.05, 0.1) is 0 Å². The highest BCUT2D eigenvalue weighted by molar-refractivity contribution is 7.13. The second-order valence-electron chi connectivity index (χ2n) is 3.72. The van der Waals surface area contributed by atoms with Crippen molar-refractivity contribution in [1.82, 2.24) is 4.98 Å². The number of hydrogen-bond acceptors (Lipinski definition) is 3. The summed E-state index contributed by atoms with van der Waals surface area (Å²) in [6, 6.07) is 14.3. The summed E-state index contributed by atoms with van der Waals surface area (Å²) >= 11 is 1.50. The predicted molar refractivity (Wildman–Crippen MR) is 70.4 cm³/mol. The monoisotopic (exact) mass is 239 g/mol. The minimum atomic E-state index is 0.498. The molecule has 0 fully saturated rings. The molecule has 2 nitrogen and oxygen atoms in total. The summed E-state index contributed by atoms with van der Waals surface area (Å²) in [7, 11) is 0. The summed E-state index contributed by atoms with van der Waals surface area (Å²) in [4.78, 5) is 15.0. The van der Waals surface area contributed by atoms with Crippen LogP contribution in [0.15, 0.2) is 47.8 Å². The molecule has 2 aromatic carbocycles. The third-order valence-corrected chi connectivity index (χ3v) is 3.56. The van der Waals surface area contributed by atoms with Gasteiger partial charge in [-0.15, -0.1) is 11.3 Å². The molecule has 1 aromatic heterocycles. The van der Waals surface area contributed by atoms with Crippen LogP contribution in [-0.4, -0.2) is 11.3 Å². The van der Waals surface area contributed by atoms with Crippen LogP contribution in [0.25, 0.3) is 21.3 Å². The van der Waals surface area contributed by atoms with Gasteiger partial charge < -0.3 is 0 Å². The summed E-state index contributed by atoms with van der Waals surface area (Å²) in [6.45, 7) is 0. The van der Waals surface area contributed by atoms with Crippen LogP contribution in [0.5, 0.6) is 0 Å². The van der Waals surface area contributed by atoms with Crippen molar-refractivity contribution < 1.29 is 4.79 Å². The maximum atomic E-state index is 10.7. The number of nitrogens with zero attached hydrogens (tertiary/aromatic N) is 1. The molecule has 0 aliphatic carbocycles. The summed E-state index contributed by atoms with van der Waals surface area (Å²) < 4.78 is 0. The van der Waals surface area contributed by atoms with Crippen LogP contribution in [0, 0.1) is 0 Å². The van der Waals surface area contributed by atoms with Gasteiger partial charge in [0.15, 0.2) is 6.29 Å². The van der Waals surface area contributed by atoms with E-state index in [1.165, 1.54) is 22.1 Å². The number of carbonyl (C=O) groups is 1. The lowest BCUT2D eigenvalue weighted by molar-refractivity contribution is 0.111. The van der Waals surface area contributed by atoms with E-state index < -0.39 is 0 Å². The molecule has 0 aliphatic rings. The smallest absolute Gasteiger partial charge is 0.169 e. The van der Waals surface area contributed by atoms with Gasteiger partial charge in [-0.25, -0.2) is 4.98 Å². The van der Waals surface area contributed by atoms with Crippen LogP contribution in [0.3, 0.4) is 0 Å². The summed E-state index contributed by atoms with van der Waals surface area (Å²) in [5.74, 6) is 0. The molecule has 0 amide bonds. The Morgan fingerprint density at radius 2 is 1.88 bits per heavy atom. The first-order valence-corrected chi connectivity index (χ1v) is 6.15. The second-order valence-corrected chi connectivity index (χ2v) is 4.58. The predicted octanol–water partition coefficient (Wildman–Crippen LogP) is 3.78. The Bertz CT molecular complexity index is 682. The van der Waals surface area contributed by atoms with Crippen molar-refractivity contribution in [3.05, 3.63) is 53.5 Å². The highest BCUT2D eigenvalue weighted by atomic mass is 32.1. The normalized spacial score (nSPS) is 10.6. The van der Waals surface area contributed by atoms with Gasteiger partial charge in [-0.2, -0.15) is 0 Å². The minimum Gasteiger partial charge on any atom is -0.296 e. The lowest BCUT2D eigenvalue weighted by Crippen LogP contribution is -1.82. The Kier molecular flexibility index (Phi) is 2.46. The van der Waals surface area contributed by atoms with Crippen LogP contribution in [0.1, 0.15) is 10.5 Å². The molecule has 0 radical (unpaired) electrons. The molecule has 3 rings (SSSR count). The topological polar surface area (TPSA) is 30.0 Å². The zero-order chi connectivity index (χ0) is 11.7. The van der Waals surface area contributed by atoms with E-state index >= 15 is 0 Å². The van der Waals surface area contributed by atoms with Crippen LogP contribution in [0.2, 0.25) is 0 Å². The molecule has 0 aliphatic heterocycles. The molecule has 1 heterocycles. The third-order valence-electron chi connectivity index (χ3n) is 2.66. The molecule has 0 N–H and O–H groups in total. The SMILES string of the molecule is O=Cc1csc(-c2cccc3ccccc23)n1. The van der Waals surface area contributed by atoms with Crippen molar-refractivity contribution >= 4 is 28.4 Å². The molecule has 0 unspecified atom stereocenters. The highest BCUT2D eigenvalue weighted by Crippen LogP contribution is 2.30. The van der Waals surface area contributed by atoms with Gasteiger partial charge in [-0.05, 0) is 10.8 Å². The highest BCUT2D eigenvalue weighted by Gasteiger charge is 2.07. The molecule has 0 spiro atoms. The Morgan fingerprint density at radius 1 is 1.06 bits per heavy atom. The summed E-state index contributed by atoms with van der Waals surface area (Å²) in [5.41, 5.74) is 1.58. The van der Waals surface area contributed by atoms with E-state index in [0.29, 0.717) is 5.69 Å². The number of aldehydes is 1. The van der Waals surface area contributed by atoms with Crippen molar-refractivity contribution in [3.8, 4) is 10.6 Å². The van der Waals surface area contributed by atoms with Gasteiger partial charge in [0.2, 0.25) is 0 Å².